The molecule has 2 heterocycles. The predicted molar refractivity (Wildman–Crippen MR) is 73.7 cm³/mol. The minimum Gasteiger partial charge on any atom is -0.339 e. The Hall–Kier alpha value is -1.33. The van der Waals surface area contributed by atoms with Crippen molar-refractivity contribution >= 4 is 11.8 Å². The lowest BCUT2D eigenvalue weighted by Crippen LogP contribution is -2.20. The standard InChI is InChI=1S/C13H18N4S/c1-3-6-14-10(2)11-5-4-7-15-12(11)18-13-16-8-9-17-13/h4-5,7-10,14H,3,6H2,1-2H3,(H,16,17). The van der Waals surface area contributed by atoms with Gasteiger partial charge in [-0.3, -0.25) is 0 Å². The minimum absolute atomic E-state index is 0.302. The van der Waals surface area contributed by atoms with E-state index >= 15 is 0 Å². The maximum absolute atomic E-state index is 4.45. The molecular weight excluding hydrogens is 244 g/mol. The highest BCUT2D eigenvalue weighted by Gasteiger charge is 2.12. The maximum Gasteiger partial charge on any atom is 0.171 e. The average molecular weight is 262 g/mol. The number of rotatable bonds is 6. The number of H-pyrrole nitrogens is 1. The molecule has 1 atom stereocenters. The molecule has 0 fully saturated rings. The molecule has 0 saturated heterocycles. The number of nitrogens with one attached hydrogen (secondary N) is 2. The zero-order valence-electron chi connectivity index (χ0n) is 10.7. The van der Waals surface area contributed by atoms with Crippen molar-refractivity contribution in [2.75, 3.05) is 6.54 Å². The largest absolute Gasteiger partial charge is 0.339 e. The second-order valence-electron chi connectivity index (χ2n) is 4.07. The summed E-state index contributed by atoms with van der Waals surface area (Å²) in [5.41, 5.74) is 1.22. The van der Waals surface area contributed by atoms with Gasteiger partial charge in [0.2, 0.25) is 0 Å². The van der Waals surface area contributed by atoms with Gasteiger partial charge in [-0.1, -0.05) is 13.0 Å². The first-order chi connectivity index (χ1) is 8.81. The van der Waals surface area contributed by atoms with E-state index < -0.39 is 0 Å². The summed E-state index contributed by atoms with van der Waals surface area (Å²) < 4.78 is 0. The fraction of sp³-hybridized carbons (Fsp3) is 0.385. The summed E-state index contributed by atoms with van der Waals surface area (Å²) in [6.45, 7) is 5.35. The Labute approximate surface area is 112 Å². The first-order valence-electron chi connectivity index (χ1n) is 6.16. The van der Waals surface area contributed by atoms with Crippen molar-refractivity contribution in [3.63, 3.8) is 0 Å². The van der Waals surface area contributed by atoms with Crippen LogP contribution < -0.4 is 5.32 Å². The normalized spacial score (nSPS) is 12.6. The predicted octanol–water partition coefficient (Wildman–Crippen LogP) is 3.02. The molecule has 2 N–H and O–H groups in total. The van der Waals surface area contributed by atoms with E-state index in [1.54, 1.807) is 18.0 Å². The Morgan fingerprint density at radius 2 is 2.28 bits per heavy atom. The van der Waals surface area contributed by atoms with E-state index in [1.165, 1.54) is 5.56 Å². The quantitative estimate of drug-likeness (QED) is 0.840. The summed E-state index contributed by atoms with van der Waals surface area (Å²) >= 11 is 1.56. The molecule has 0 spiro atoms. The summed E-state index contributed by atoms with van der Waals surface area (Å²) in [5.74, 6) is 0. The van der Waals surface area contributed by atoms with E-state index in [-0.39, 0.29) is 0 Å². The van der Waals surface area contributed by atoms with Gasteiger partial charge in [-0.25, -0.2) is 9.97 Å². The Balaban J connectivity index is 2.14. The van der Waals surface area contributed by atoms with Crippen LogP contribution in [0.3, 0.4) is 0 Å². The van der Waals surface area contributed by atoms with Gasteiger partial charge in [0.25, 0.3) is 0 Å². The molecule has 0 bridgehead atoms. The third-order valence-electron chi connectivity index (χ3n) is 2.63. The van der Waals surface area contributed by atoms with Crippen LogP contribution in [0.25, 0.3) is 0 Å². The van der Waals surface area contributed by atoms with E-state index in [9.17, 15) is 0 Å². The Bertz CT molecular complexity index is 470. The maximum atomic E-state index is 4.45. The highest BCUT2D eigenvalue weighted by atomic mass is 32.2. The molecule has 5 heteroatoms. The van der Waals surface area contributed by atoms with Gasteiger partial charge < -0.3 is 10.3 Å². The first-order valence-corrected chi connectivity index (χ1v) is 6.98. The molecule has 2 rings (SSSR count). The van der Waals surface area contributed by atoms with Gasteiger partial charge in [0.05, 0.1) is 0 Å². The molecule has 2 aromatic heterocycles. The van der Waals surface area contributed by atoms with Gasteiger partial charge in [-0.2, -0.15) is 0 Å². The van der Waals surface area contributed by atoms with Crippen molar-refractivity contribution in [1.82, 2.24) is 20.3 Å². The molecule has 4 nitrogen and oxygen atoms in total. The van der Waals surface area contributed by atoms with Crippen LogP contribution in [0.2, 0.25) is 0 Å². The SMILES string of the molecule is CCCNC(C)c1cccnc1Sc1ncc[nH]1. The highest BCUT2D eigenvalue weighted by molar-refractivity contribution is 7.99. The average Bonchev–Trinajstić information content (AvgIpc) is 2.89. The topological polar surface area (TPSA) is 53.6 Å². The van der Waals surface area contributed by atoms with E-state index in [2.05, 4.69) is 40.2 Å². The molecule has 0 saturated carbocycles. The van der Waals surface area contributed by atoms with Crippen molar-refractivity contribution in [3.05, 3.63) is 36.3 Å². The van der Waals surface area contributed by atoms with Gasteiger partial charge in [0.1, 0.15) is 5.03 Å². The van der Waals surface area contributed by atoms with Gasteiger partial charge in [-0.15, -0.1) is 0 Å². The number of aromatic amines is 1. The van der Waals surface area contributed by atoms with Crippen LogP contribution in [0.4, 0.5) is 0 Å². The Morgan fingerprint density at radius 1 is 1.39 bits per heavy atom. The lowest BCUT2D eigenvalue weighted by atomic mass is 10.1. The first kappa shape index (κ1) is 13.1. The third-order valence-corrected chi connectivity index (χ3v) is 3.59. The number of hydrogen-bond acceptors (Lipinski definition) is 4. The molecule has 18 heavy (non-hydrogen) atoms. The second kappa shape index (κ2) is 6.56. The number of pyridine rings is 1. The van der Waals surface area contributed by atoms with Crippen LogP contribution >= 0.6 is 11.8 Å². The van der Waals surface area contributed by atoms with Gasteiger partial charge >= 0.3 is 0 Å². The number of aromatic nitrogens is 3. The lowest BCUT2D eigenvalue weighted by Gasteiger charge is -2.15. The van der Waals surface area contributed by atoms with Gasteiger partial charge in [-0.05, 0) is 37.7 Å². The monoisotopic (exact) mass is 262 g/mol. The van der Waals surface area contributed by atoms with E-state index in [4.69, 9.17) is 0 Å². The summed E-state index contributed by atoms with van der Waals surface area (Å²) in [6.07, 6.45) is 6.53. The van der Waals surface area contributed by atoms with Crippen LogP contribution in [0.5, 0.6) is 0 Å². The fourth-order valence-electron chi connectivity index (χ4n) is 1.69. The van der Waals surface area contributed by atoms with Crippen LogP contribution in [-0.4, -0.2) is 21.5 Å². The van der Waals surface area contributed by atoms with E-state index in [0.717, 1.165) is 23.1 Å². The zero-order chi connectivity index (χ0) is 12.8. The lowest BCUT2D eigenvalue weighted by molar-refractivity contribution is 0.560. The number of hydrogen-bond donors (Lipinski definition) is 2. The zero-order valence-corrected chi connectivity index (χ0v) is 11.5. The second-order valence-corrected chi connectivity index (χ2v) is 5.05. The summed E-state index contributed by atoms with van der Waals surface area (Å²) in [4.78, 5) is 11.8. The Morgan fingerprint density at radius 3 is 3.00 bits per heavy atom. The number of imidazole rings is 1. The van der Waals surface area contributed by atoms with Crippen LogP contribution in [0, 0.1) is 0 Å². The third kappa shape index (κ3) is 3.34. The fourth-order valence-corrected chi connectivity index (χ4v) is 2.59. The minimum atomic E-state index is 0.302. The van der Waals surface area contributed by atoms with Crippen molar-refractivity contribution in [2.24, 2.45) is 0 Å². The van der Waals surface area contributed by atoms with Crippen molar-refractivity contribution in [2.45, 2.75) is 36.5 Å². The van der Waals surface area contributed by atoms with Crippen LogP contribution in [0.1, 0.15) is 31.9 Å². The Kier molecular flexibility index (Phi) is 4.78. The summed E-state index contributed by atoms with van der Waals surface area (Å²) in [5, 5.41) is 5.36. The molecule has 0 amide bonds. The highest BCUT2D eigenvalue weighted by Crippen LogP contribution is 2.29. The molecule has 0 aliphatic heterocycles. The molecule has 0 aliphatic rings. The van der Waals surface area contributed by atoms with E-state index in [1.807, 2.05) is 18.5 Å². The molecule has 0 radical (unpaired) electrons. The molecule has 1 unspecified atom stereocenters. The van der Waals surface area contributed by atoms with Crippen molar-refractivity contribution in [3.8, 4) is 0 Å². The van der Waals surface area contributed by atoms with Crippen LogP contribution in [-0.2, 0) is 0 Å². The number of nitrogens with zero attached hydrogens (tertiary/aromatic N) is 2. The molecular formula is C13H18N4S. The molecule has 96 valence electrons. The van der Waals surface area contributed by atoms with Crippen LogP contribution in [0.15, 0.2) is 40.9 Å². The molecule has 2 aromatic rings. The molecule has 0 aromatic carbocycles. The van der Waals surface area contributed by atoms with Crippen molar-refractivity contribution < 1.29 is 0 Å². The smallest absolute Gasteiger partial charge is 0.171 e. The summed E-state index contributed by atoms with van der Waals surface area (Å²) in [6, 6.07) is 4.40. The van der Waals surface area contributed by atoms with E-state index in [0.29, 0.717) is 6.04 Å². The van der Waals surface area contributed by atoms with Crippen molar-refractivity contribution in [1.29, 1.82) is 0 Å². The van der Waals surface area contributed by atoms with Gasteiger partial charge in [0.15, 0.2) is 5.16 Å². The molecule has 0 aliphatic carbocycles. The van der Waals surface area contributed by atoms with Gasteiger partial charge in [0, 0.05) is 30.2 Å². The summed E-state index contributed by atoms with van der Waals surface area (Å²) in [7, 11) is 0.